The van der Waals surface area contributed by atoms with Gasteiger partial charge < -0.3 is 4.98 Å². The Hall–Kier alpha value is -2.43. The molecule has 1 amide bonds. The van der Waals surface area contributed by atoms with Crippen LogP contribution in [-0.4, -0.2) is 20.9 Å². The summed E-state index contributed by atoms with van der Waals surface area (Å²) in [6, 6.07) is 5.85. The van der Waals surface area contributed by atoms with E-state index in [1.807, 2.05) is 32.0 Å². The van der Waals surface area contributed by atoms with Crippen LogP contribution in [0.25, 0.3) is 21.8 Å². The average molecular weight is 254 g/mol. The number of amides is 1. The highest BCUT2D eigenvalue weighted by atomic mass is 16.1. The van der Waals surface area contributed by atoms with Crippen molar-refractivity contribution in [3.8, 4) is 0 Å². The lowest BCUT2D eigenvalue weighted by molar-refractivity contribution is -0.118. The highest BCUT2D eigenvalue weighted by molar-refractivity contribution is 6.05. The maximum absolute atomic E-state index is 11.6. The van der Waals surface area contributed by atoms with Crippen LogP contribution < -0.4 is 5.32 Å². The van der Waals surface area contributed by atoms with Crippen LogP contribution in [0, 0.1) is 5.92 Å². The molecule has 5 nitrogen and oxygen atoms in total. The lowest BCUT2D eigenvalue weighted by Gasteiger charge is -2.08. The first kappa shape index (κ1) is 11.6. The van der Waals surface area contributed by atoms with Gasteiger partial charge in [-0.1, -0.05) is 13.8 Å². The predicted molar refractivity (Wildman–Crippen MR) is 74.9 cm³/mol. The molecule has 2 aromatic heterocycles. The van der Waals surface area contributed by atoms with Gasteiger partial charge in [0, 0.05) is 29.1 Å². The average Bonchev–Trinajstić information content (AvgIpc) is 2.86. The third-order valence-electron chi connectivity index (χ3n) is 3.06. The summed E-state index contributed by atoms with van der Waals surface area (Å²) in [5.74, 6) is 0.330. The second kappa shape index (κ2) is 4.35. The Morgan fingerprint density at radius 1 is 1.21 bits per heavy atom. The highest BCUT2D eigenvalue weighted by Gasteiger charge is 2.09. The molecule has 19 heavy (non-hydrogen) atoms. The zero-order chi connectivity index (χ0) is 13.4. The van der Waals surface area contributed by atoms with Gasteiger partial charge in [0.15, 0.2) is 0 Å². The summed E-state index contributed by atoms with van der Waals surface area (Å²) < 4.78 is 0. The van der Waals surface area contributed by atoms with E-state index in [9.17, 15) is 4.79 Å². The summed E-state index contributed by atoms with van der Waals surface area (Å²) in [7, 11) is 0. The number of aromatic amines is 1. The molecule has 0 radical (unpaired) electrons. The maximum Gasteiger partial charge on any atom is 0.229 e. The number of hydrogen-bond donors (Lipinski definition) is 2. The number of benzene rings is 1. The first-order chi connectivity index (χ1) is 9.15. The summed E-state index contributed by atoms with van der Waals surface area (Å²) in [6.07, 6.45) is 3.53. The van der Waals surface area contributed by atoms with Crippen molar-refractivity contribution in [3.05, 3.63) is 30.6 Å². The summed E-state index contributed by atoms with van der Waals surface area (Å²) in [6.45, 7) is 3.69. The van der Waals surface area contributed by atoms with Crippen molar-refractivity contribution in [1.29, 1.82) is 0 Å². The number of nitrogens with zero attached hydrogens (tertiary/aromatic N) is 2. The molecule has 0 unspecified atom stereocenters. The molecule has 0 aliphatic heterocycles. The zero-order valence-electron chi connectivity index (χ0n) is 10.8. The van der Waals surface area contributed by atoms with Gasteiger partial charge >= 0.3 is 0 Å². The molecule has 0 fully saturated rings. The summed E-state index contributed by atoms with van der Waals surface area (Å²) in [5, 5.41) is 4.81. The van der Waals surface area contributed by atoms with Gasteiger partial charge in [-0.2, -0.15) is 0 Å². The molecule has 2 heterocycles. The fraction of sp³-hybridized carbons (Fsp3) is 0.214. The summed E-state index contributed by atoms with van der Waals surface area (Å²) >= 11 is 0. The van der Waals surface area contributed by atoms with E-state index in [0.29, 0.717) is 5.95 Å². The second-order valence-electron chi connectivity index (χ2n) is 4.78. The minimum Gasteiger partial charge on any atom is -0.325 e. The van der Waals surface area contributed by atoms with Gasteiger partial charge in [0.05, 0.1) is 11.0 Å². The van der Waals surface area contributed by atoms with E-state index in [2.05, 4.69) is 20.3 Å². The standard InChI is InChI=1S/C14H14N4O/c1-8(2)13(19)18-14-16-7-10-9-5-6-15-11(9)3-4-12(10)17-14/h3-8H,1-2H3,(H2,16,17,18,19). The topological polar surface area (TPSA) is 70.7 Å². The Kier molecular flexibility index (Phi) is 2.67. The van der Waals surface area contributed by atoms with Crippen molar-refractivity contribution < 1.29 is 4.79 Å². The molecule has 0 bridgehead atoms. The number of fused-ring (bicyclic) bond motifs is 3. The number of anilines is 1. The minimum absolute atomic E-state index is 0.0563. The van der Waals surface area contributed by atoms with Gasteiger partial charge in [0.2, 0.25) is 11.9 Å². The van der Waals surface area contributed by atoms with Crippen molar-refractivity contribution in [3.63, 3.8) is 0 Å². The van der Waals surface area contributed by atoms with Crippen LogP contribution in [0.3, 0.4) is 0 Å². The molecule has 0 atom stereocenters. The molecule has 3 aromatic rings. The molecule has 5 heteroatoms. The molecule has 0 saturated carbocycles. The third-order valence-corrected chi connectivity index (χ3v) is 3.06. The predicted octanol–water partition coefficient (Wildman–Crippen LogP) is 2.71. The highest BCUT2D eigenvalue weighted by Crippen LogP contribution is 2.23. The van der Waals surface area contributed by atoms with Crippen molar-refractivity contribution in [2.45, 2.75) is 13.8 Å². The normalized spacial score (nSPS) is 11.3. The van der Waals surface area contributed by atoms with Gasteiger partial charge in [-0.25, -0.2) is 4.98 Å². The molecular weight excluding hydrogens is 240 g/mol. The number of hydrogen-bond acceptors (Lipinski definition) is 3. The number of H-pyrrole nitrogens is 1. The number of carbonyl (C=O) groups is 1. The smallest absolute Gasteiger partial charge is 0.229 e. The molecule has 0 saturated heterocycles. The van der Waals surface area contributed by atoms with E-state index < -0.39 is 0 Å². The number of rotatable bonds is 2. The second-order valence-corrected chi connectivity index (χ2v) is 4.78. The monoisotopic (exact) mass is 254 g/mol. The maximum atomic E-state index is 11.6. The summed E-state index contributed by atoms with van der Waals surface area (Å²) in [4.78, 5) is 23.3. The van der Waals surface area contributed by atoms with Gasteiger partial charge in [0.25, 0.3) is 0 Å². The first-order valence-corrected chi connectivity index (χ1v) is 6.18. The Balaban J connectivity index is 2.06. The zero-order valence-corrected chi connectivity index (χ0v) is 10.8. The lowest BCUT2D eigenvalue weighted by Crippen LogP contribution is -2.19. The Morgan fingerprint density at radius 3 is 2.84 bits per heavy atom. The third kappa shape index (κ3) is 2.03. The molecular formula is C14H14N4O. The van der Waals surface area contributed by atoms with Crippen LogP contribution in [0.2, 0.25) is 0 Å². The molecule has 3 rings (SSSR count). The van der Waals surface area contributed by atoms with E-state index in [1.165, 1.54) is 0 Å². The number of carbonyl (C=O) groups excluding carboxylic acids is 1. The quantitative estimate of drug-likeness (QED) is 0.738. The molecule has 0 aliphatic carbocycles. The fourth-order valence-electron chi connectivity index (χ4n) is 1.97. The molecule has 1 aromatic carbocycles. The van der Waals surface area contributed by atoms with E-state index in [0.717, 1.165) is 21.8 Å². The molecule has 96 valence electrons. The molecule has 2 N–H and O–H groups in total. The largest absolute Gasteiger partial charge is 0.325 e. The van der Waals surface area contributed by atoms with Crippen LogP contribution in [0.5, 0.6) is 0 Å². The SMILES string of the molecule is CC(C)C(=O)Nc1ncc2c(ccc3nccc32)[nH]1. The van der Waals surface area contributed by atoms with E-state index in [-0.39, 0.29) is 11.8 Å². The minimum atomic E-state index is -0.0762. The Bertz CT molecular complexity index is 760. The van der Waals surface area contributed by atoms with Gasteiger partial charge in [-0.3, -0.25) is 15.1 Å². The van der Waals surface area contributed by atoms with Gasteiger partial charge in [-0.05, 0) is 18.2 Å². The van der Waals surface area contributed by atoms with E-state index in [4.69, 9.17) is 0 Å². The Labute approximate surface area is 110 Å². The first-order valence-electron chi connectivity index (χ1n) is 6.18. The molecule has 0 aliphatic rings. The van der Waals surface area contributed by atoms with Crippen molar-refractivity contribution in [2.75, 3.05) is 5.32 Å². The van der Waals surface area contributed by atoms with Crippen molar-refractivity contribution >= 4 is 33.7 Å². The number of nitrogens with one attached hydrogen (secondary N) is 2. The van der Waals surface area contributed by atoms with Gasteiger partial charge in [0.1, 0.15) is 0 Å². The van der Waals surface area contributed by atoms with Gasteiger partial charge in [-0.15, -0.1) is 0 Å². The number of aromatic nitrogens is 3. The summed E-state index contributed by atoms with van der Waals surface area (Å²) in [5.41, 5.74) is 1.87. The van der Waals surface area contributed by atoms with Crippen LogP contribution in [0.4, 0.5) is 5.95 Å². The van der Waals surface area contributed by atoms with Crippen LogP contribution >= 0.6 is 0 Å². The van der Waals surface area contributed by atoms with Crippen molar-refractivity contribution in [1.82, 2.24) is 15.0 Å². The van der Waals surface area contributed by atoms with E-state index >= 15 is 0 Å². The molecule has 0 spiro atoms. The van der Waals surface area contributed by atoms with Crippen LogP contribution in [0.1, 0.15) is 13.8 Å². The Morgan fingerprint density at radius 2 is 2.05 bits per heavy atom. The van der Waals surface area contributed by atoms with Crippen LogP contribution in [0.15, 0.2) is 30.6 Å². The van der Waals surface area contributed by atoms with Crippen LogP contribution in [-0.2, 0) is 4.79 Å². The lowest BCUT2D eigenvalue weighted by atomic mass is 10.1. The van der Waals surface area contributed by atoms with Crippen molar-refractivity contribution in [2.24, 2.45) is 5.92 Å². The van der Waals surface area contributed by atoms with E-state index in [1.54, 1.807) is 12.4 Å². The fourth-order valence-corrected chi connectivity index (χ4v) is 1.97.